The third-order valence-corrected chi connectivity index (χ3v) is 9.08. The molecule has 1 aliphatic heterocycles. The van der Waals surface area contributed by atoms with Gasteiger partial charge in [-0.05, 0) is 67.3 Å². The second-order valence-electron chi connectivity index (χ2n) is 12.7. The molecule has 1 heterocycles. The van der Waals surface area contributed by atoms with Crippen LogP contribution in [0.4, 0.5) is 0 Å². The van der Waals surface area contributed by atoms with Crippen molar-refractivity contribution in [1.29, 1.82) is 0 Å². The highest BCUT2D eigenvalue weighted by Crippen LogP contribution is 2.51. The smallest absolute Gasteiger partial charge is 0.339 e. The van der Waals surface area contributed by atoms with E-state index in [1.54, 1.807) is 37.3 Å². The molecular weight excluding hydrogens is 526 g/mol. The van der Waals surface area contributed by atoms with Crippen molar-refractivity contribution in [3.63, 3.8) is 0 Å². The van der Waals surface area contributed by atoms with Crippen LogP contribution in [0.25, 0.3) is 0 Å². The van der Waals surface area contributed by atoms with Gasteiger partial charge in [0, 0.05) is 41.3 Å². The number of rotatable bonds is 6. The largest absolute Gasteiger partial charge is 0.490 e. The zero-order valence-electron chi connectivity index (χ0n) is 24.0. The summed E-state index contributed by atoms with van der Waals surface area (Å²) >= 11 is 0. The summed E-state index contributed by atoms with van der Waals surface area (Å²) in [6, 6.07) is 11.4. The molecule has 0 saturated heterocycles. The van der Waals surface area contributed by atoms with Gasteiger partial charge in [0.1, 0.15) is 4.90 Å². The summed E-state index contributed by atoms with van der Waals surface area (Å²) in [4.78, 5) is 27.3. The van der Waals surface area contributed by atoms with E-state index < -0.39 is 16.0 Å². The van der Waals surface area contributed by atoms with Gasteiger partial charge < -0.3 is 14.2 Å². The highest BCUT2D eigenvalue weighted by molar-refractivity contribution is 7.87. The number of aryl methyl sites for hydroxylation is 1. The summed E-state index contributed by atoms with van der Waals surface area (Å²) in [5.41, 5.74) is 4.22. The number of dihydropyridines is 1. The van der Waals surface area contributed by atoms with Gasteiger partial charge in [-0.3, -0.25) is 9.59 Å². The Morgan fingerprint density at radius 2 is 1.38 bits per heavy atom. The monoisotopic (exact) mass is 563 g/mol. The zero-order chi connectivity index (χ0) is 29.0. The van der Waals surface area contributed by atoms with Crippen LogP contribution in [-0.4, -0.2) is 26.6 Å². The Morgan fingerprint density at radius 3 is 1.90 bits per heavy atom. The summed E-state index contributed by atoms with van der Waals surface area (Å²) in [7, 11) is -4.11. The highest BCUT2D eigenvalue weighted by atomic mass is 32.2. The Balaban J connectivity index is 1.61. The Kier molecular flexibility index (Phi) is 6.97. The lowest BCUT2D eigenvalue weighted by Crippen LogP contribution is -2.42. The number of carbonyl (C=O) groups is 2. The number of nitrogens with one attached hydrogen (secondary N) is 1. The van der Waals surface area contributed by atoms with E-state index in [9.17, 15) is 18.0 Å². The van der Waals surface area contributed by atoms with Gasteiger partial charge in [-0.25, -0.2) is 0 Å². The molecule has 1 N–H and O–H groups in total. The first kappa shape index (κ1) is 28.1. The second-order valence-corrected chi connectivity index (χ2v) is 14.3. The molecule has 212 valence electrons. The third kappa shape index (κ3) is 5.33. The van der Waals surface area contributed by atoms with Crippen molar-refractivity contribution in [1.82, 2.24) is 5.32 Å². The molecule has 8 heteroatoms. The van der Waals surface area contributed by atoms with Crippen molar-refractivity contribution in [3.05, 3.63) is 76.1 Å². The molecule has 0 amide bonds. The van der Waals surface area contributed by atoms with Crippen molar-refractivity contribution in [3.8, 4) is 11.5 Å². The van der Waals surface area contributed by atoms with Gasteiger partial charge in [0.25, 0.3) is 0 Å². The van der Waals surface area contributed by atoms with E-state index >= 15 is 0 Å². The predicted octanol–water partition coefficient (Wildman–Crippen LogP) is 6.13. The van der Waals surface area contributed by atoms with Crippen LogP contribution in [0.5, 0.6) is 11.5 Å². The molecular formula is C32H37NO6S. The summed E-state index contributed by atoms with van der Waals surface area (Å²) in [6.07, 6.45) is 2.18. The number of carbonyl (C=O) groups excluding carboxylic acids is 2. The van der Waals surface area contributed by atoms with E-state index in [1.165, 1.54) is 12.1 Å². The molecule has 40 heavy (non-hydrogen) atoms. The normalized spacial score (nSPS) is 20.6. The number of ketones is 2. The van der Waals surface area contributed by atoms with Crippen molar-refractivity contribution in [2.24, 2.45) is 10.8 Å². The number of hydrogen-bond acceptors (Lipinski definition) is 7. The van der Waals surface area contributed by atoms with Crippen molar-refractivity contribution in [2.75, 3.05) is 6.61 Å². The van der Waals surface area contributed by atoms with Crippen LogP contribution in [-0.2, 0) is 19.7 Å². The molecule has 0 fully saturated rings. The van der Waals surface area contributed by atoms with Gasteiger partial charge in [0.15, 0.2) is 23.1 Å². The molecule has 5 rings (SSSR count). The lowest BCUT2D eigenvalue weighted by Gasteiger charge is -2.44. The molecule has 7 nitrogen and oxygen atoms in total. The highest BCUT2D eigenvalue weighted by Gasteiger charge is 2.46. The van der Waals surface area contributed by atoms with E-state index in [1.807, 2.05) is 6.92 Å². The molecule has 0 saturated carbocycles. The summed E-state index contributed by atoms with van der Waals surface area (Å²) < 4.78 is 37.5. The van der Waals surface area contributed by atoms with E-state index in [0.717, 1.165) is 17.0 Å². The lowest BCUT2D eigenvalue weighted by molar-refractivity contribution is -0.119. The first-order chi connectivity index (χ1) is 18.7. The lowest BCUT2D eigenvalue weighted by atomic mass is 9.64. The topological polar surface area (TPSA) is 98.8 Å². The molecule has 2 aromatic rings. The fourth-order valence-electron chi connectivity index (χ4n) is 6.13. The van der Waals surface area contributed by atoms with Crippen LogP contribution in [0.15, 0.2) is 69.9 Å². The molecule has 2 aliphatic carbocycles. The minimum absolute atomic E-state index is 0.0215. The summed E-state index contributed by atoms with van der Waals surface area (Å²) in [5.74, 6) is -0.219. The molecule has 0 radical (unpaired) electrons. The fraction of sp³-hybridized carbons (Fsp3) is 0.438. The second kappa shape index (κ2) is 9.91. The van der Waals surface area contributed by atoms with Gasteiger partial charge in [-0.15, -0.1) is 0 Å². The van der Waals surface area contributed by atoms with Gasteiger partial charge in [0.05, 0.1) is 6.61 Å². The maximum Gasteiger partial charge on any atom is 0.339 e. The van der Waals surface area contributed by atoms with E-state index in [-0.39, 0.29) is 45.4 Å². The molecule has 0 unspecified atom stereocenters. The maximum absolute atomic E-state index is 13.6. The van der Waals surface area contributed by atoms with Gasteiger partial charge in [0.2, 0.25) is 0 Å². The Labute approximate surface area is 236 Å². The molecule has 0 bridgehead atoms. The summed E-state index contributed by atoms with van der Waals surface area (Å²) in [5, 5.41) is 3.52. The number of Topliss-reactive ketones (excluding diaryl/α,β-unsaturated/α-hetero) is 2. The van der Waals surface area contributed by atoms with Crippen molar-refractivity contribution in [2.45, 2.75) is 78.0 Å². The average Bonchev–Trinajstić information content (AvgIpc) is 2.82. The molecule has 0 aromatic heterocycles. The predicted molar refractivity (Wildman–Crippen MR) is 153 cm³/mol. The van der Waals surface area contributed by atoms with Crippen LogP contribution in [0.3, 0.4) is 0 Å². The number of ether oxygens (including phenoxy) is 1. The number of hydrogen-bond donors (Lipinski definition) is 1. The Morgan fingerprint density at radius 1 is 0.825 bits per heavy atom. The first-order valence-corrected chi connectivity index (χ1v) is 15.2. The standard InChI is InChI=1S/C32H37NO6S/c1-7-38-27-14-20(10-13-26(27)39-40(36,37)21-11-8-19(2)9-12-21)28-29-22(15-31(3,4)17-24(29)34)33-23-16-32(5,6)18-25(35)30(23)28/h8-14,28,33H,7,15-18H2,1-6H3. The molecule has 3 aliphatic rings. The fourth-order valence-corrected chi connectivity index (χ4v) is 7.07. The van der Waals surface area contributed by atoms with Crippen molar-refractivity contribution < 1.29 is 26.9 Å². The van der Waals surface area contributed by atoms with Gasteiger partial charge in [-0.2, -0.15) is 8.42 Å². The molecule has 0 atom stereocenters. The van der Waals surface area contributed by atoms with Gasteiger partial charge >= 0.3 is 10.1 Å². The number of benzene rings is 2. The maximum atomic E-state index is 13.6. The van der Waals surface area contributed by atoms with E-state index in [4.69, 9.17) is 8.92 Å². The van der Waals surface area contributed by atoms with Crippen LogP contribution in [0.2, 0.25) is 0 Å². The first-order valence-electron chi connectivity index (χ1n) is 13.8. The quantitative estimate of drug-likeness (QED) is 0.422. The average molecular weight is 564 g/mol. The van der Waals surface area contributed by atoms with Crippen LogP contribution in [0.1, 0.15) is 77.3 Å². The van der Waals surface area contributed by atoms with Crippen LogP contribution in [0, 0.1) is 17.8 Å². The minimum atomic E-state index is -4.11. The van der Waals surface area contributed by atoms with Crippen LogP contribution < -0.4 is 14.2 Å². The zero-order valence-corrected chi connectivity index (χ0v) is 24.8. The Bertz CT molecular complexity index is 1510. The summed E-state index contributed by atoms with van der Waals surface area (Å²) in [6.45, 7) is 12.3. The third-order valence-electron chi connectivity index (χ3n) is 7.83. The molecule has 0 spiro atoms. The van der Waals surface area contributed by atoms with Crippen LogP contribution >= 0.6 is 0 Å². The van der Waals surface area contributed by atoms with Crippen molar-refractivity contribution >= 4 is 21.7 Å². The molecule has 2 aromatic carbocycles. The number of allylic oxidation sites excluding steroid dienone is 4. The van der Waals surface area contributed by atoms with Gasteiger partial charge in [-0.1, -0.05) is 51.5 Å². The van der Waals surface area contributed by atoms with E-state index in [2.05, 4.69) is 33.0 Å². The van der Waals surface area contributed by atoms with E-state index in [0.29, 0.717) is 42.4 Å². The minimum Gasteiger partial charge on any atom is -0.490 e. The SMILES string of the molecule is CCOc1cc(C2C3=C(CC(C)(C)CC3=O)NC3=C2C(=O)CC(C)(C)C3)ccc1OS(=O)(=O)c1ccc(C)cc1. The Hall–Kier alpha value is -3.39.